The summed E-state index contributed by atoms with van der Waals surface area (Å²) in [6.45, 7) is 20.0. The zero-order valence-corrected chi connectivity index (χ0v) is 39.6. The molecule has 53 heavy (non-hydrogen) atoms. The quantitative estimate of drug-likeness (QED) is 0.0722. The van der Waals surface area contributed by atoms with Gasteiger partial charge in [-0.1, -0.05) is 94.0 Å². The maximum Gasteiger partial charge on any atom is 0.104 e. The van der Waals surface area contributed by atoms with Crippen molar-refractivity contribution < 1.29 is 56.5 Å². The number of halogens is 2. The fourth-order valence-electron chi connectivity index (χ4n) is 6.49. The van der Waals surface area contributed by atoms with Gasteiger partial charge >= 0.3 is 0 Å². The van der Waals surface area contributed by atoms with Crippen LogP contribution in [-0.4, -0.2) is 90.9 Å². The highest BCUT2D eigenvalue weighted by Gasteiger charge is 2.28. The summed E-state index contributed by atoms with van der Waals surface area (Å²) >= 11 is 0. The molecule has 2 aromatic rings. The van der Waals surface area contributed by atoms with Crippen LogP contribution in [0.5, 0.6) is 0 Å². The van der Waals surface area contributed by atoms with Gasteiger partial charge in [-0.25, -0.2) is 10.2 Å². The summed E-state index contributed by atoms with van der Waals surface area (Å²) < 4.78 is 28.9. The molecule has 10 heteroatoms. The molecule has 1 unspecified atom stereocenters. The van der Waals surface area contributed by atoms with Crippen molar-refractivity contribution in [1.82, 2.24) is 10.2 Å². The summed E-state index contributed by atoms with van der Waals surface area (Å²) in [5.74, 6) is 0.274. The number of quaternary nitrogens is 2. The Morgan fingerprint density at radius 1 is 0.679 bits per heavy atom. The predicted octanol–water partition coefficient (Wildman–Crippen LogP) is 4.02. The van der Waals surface area contributed by atoms with Gasteiger partial charge in [-0.15, -0.1) is 9.53 Å². The summed E-state index contributed by atoms with van der Waals surface area (Å²) in [5.41, 5.74) is 6.79. The van der Waals surface area contributed by atoms with Crippen LogP contribution in [0.25, 0.3) is 0 Å². The smallest absolute Gasteiger partial charge is 0.104 e. The molecule has 312 valence electrons. The molecule has 1 atom stereocenters. The maximum absolute atomic E-state index is 13.1. The Morgan fingerprint density at radius 2 is 1.15 bits per heavy atom. The second-order valence-electron chi connectivity index (χ2n) is 15.9. The number of hydrogen-bond acceptors (Lipinski definition) is 3. The Kier molecular flexibility index (Phi) is 29.4. The minimum Gasteiger partial charge on any atom is -1.00 e. The first-order chi connectivity index (χ1) is 24.2. The second-order valence-corrected chi connectivity index (χ2v) is 19.3. The average molecular weight is 895 g/mol. The van der Waals surface area contributed by atoms with Crippen molar-refractivity contribution in [1.29, 1.82) is 0 Å². The third-order valence-corrected chi connectivity index (χ3v) is 13.8. The van der Waals surface area contributed by atoms with Crippen LogP contribution >= 0.6 is 0 Å². The van der Waals surface area contributed by atoms with E-state index in [1.54, 1.807) is 19.2 Å². The van der Waals surface area contributed by atoms with E-state index in [1.807, 2.05) is 19.1 Å². The lowest BCUT2D eigenvalue weighted by Gasteiger charge is -2.43. The van der Waals surface area contributed by atoms with E-state index in [0.717, 1.165) is 55.4 Å². The van der Waals surface area contributed by atoms with Crippen molar-refractivity contribution in [2.45, 2.75) is 136 Å². The molecule has 0 bridgehead atoms. The fraction of sp³-hybridized carbons (Fsp3) is 0.721. The Hall–Kier alpha value is -0.690. The SMILES string of the molecule is CCCCCC[N+](C)(CCCCCC)CCCC(ONCC)c1ccc(C)cc1.CC[N+](C)(C)CCCCCS(=O)(O)(NC)c1ccc(C)cc1.[Br-].[Br-]. The molecule has 7 nitrogen and oxygen atoms in total. The molecular formula is C43H82Br2N4O3S. The zero-order chi connectivity index (χ0) is 38.3. The van der Waals surface area contributed by atoms with Gasteiger partial charge < -0.3 is 42.9 Å². The van der Waals surface area contributed by atoms with Crippen molar-refractivity contribution in [2.75, 3.05) is 73.2 Å². The van der Waals surface area contributed by atoms with Gasteiger partial charge in [-0.2, -0.15) is 4.21 Å². The van der Waals surface area contributed by atoms with Crippen molar-refractivity contribution in [2.24, 2.45) is 0 Å². The topological polar surface area (TPSA) is 70.6 Å². The molecule has 2 rings (SSSR count). The molecular weight excluding hydrogens is 812 g/mol. The highest BCUT2D eigenvalue weighted by molar-refractivity contribution is 8.13. The monoisotopic (exact) mass is 892 g/mol. The Bertz CT molecular complexity index is 1240. The van der Waals surface area contributed by atoms with E-state index in [1.165, 1.54) is 93.0 Å². The fourth-order valence-corrected chi connectivity index (χ4v) is 8.61. The standard InChI is InChI=1S/C26H49N2O.C17H32N2O2S.2BrH/c1-6-9-11-13-21-28(5,22-14-12-10-7-2)23-15-16-26(29-27-8-3)25-19-17-24(4)18-20-25;1-6-19(4,5)14-8-7-9-15-22(20,21,18-3)17-12-10-16(2)11-13-17;;/h17-20,26-27H,6-16,21-23H2,1-5H3;10-13H,6-9,14-15H2,1-5H3,(H-,18,20,21);2*1H/q+1;;;/p-1. The van der Waals surface area contributed by atoms with Crippen molar-refractivity contribution >= 4 is 9.53 Å². The van der Waals surface area contributed by atoms with Crippen LogP contribution in [0.2, 0.25) is 0 Å². The average Bonchev–Trinajstić information content (AvgIpc) is 3.11. The molecule has 2 aromatic carbocycles. The zero-order valence-electron chi connectivity index (χ0n) is 35.7. The van der Waals surface area contributed by atoms with Crippen LogP contribution in [0.1, 0.15) is 134 Å². The molecule has 0 heterocycles. The molecule has 0 aliphatic rings. The van der Waals surface area contributed by atoms with E-state index in [2.05, 4.69) is 90.2 Å². The first-order valence-corrected chi connectivity index (χ1v) is 22.5. The lowest BCUT2D eigenvalue weighted by molar-refractivity contribution is -0.910. The summed E-state index contributed by atoms with van der Waals surface area (Å²) in [5, 5.41) is 0. The third-order valence-electron chi connectivity index (χ3n) is 10.7. The molecule has 0 amide bonds. The van der Waals surface area contributed by atoms with Crippen molar-refractivity contribution in [3.63, 3.8) is 0 Å². The van der Waals surface area contributed by atoms with Gasteiger partial charge in [0.1, 0.15) is 6.10 Å². The molecule has 0 radical (unpaired) electrons. The Morgan fingerprint density at radius 3 is 1.62 bits per heavy atom. The number of hydrogen-bond donors (Lipinski definition) is 3. The lowest BCUT2D eigenvalue weighted by Crippen LogP contribution is -3.00. The van der Waals surface area contributed by atoms with Crippen LogP contribution < -0.4 is 44.2 Å². The van der Waals surface area contributed by atoms with E-state index in [4.69, 9.17) is 4.84 Å². The van der Waals surface area contributed by atoms with Crippen LogP contribution in [-0.2, 0) is 14.4 Å². The Balaban J connectivity index is 0. The molecule has 0 spiro atoms. The maximum atomic E-state index is 13.1. The largest absolute Gasteiger partial charge is 1.00 e. The predicted molar refractivity (Wildman–Crippen MR) is 222 cm³/mol. The molecule has 0 saturated carbocycles. The number of aryl methyl sites for hydroxylation is 2. The minimum atomic E-state index is -3.94. The molecule has 3 N–H and O–H groups in total. The van der Waals surface area contributed by atoms with E-state index < -0.39 is 9.53 Å². The highest BCUT2D eigenvalue weighted by Crippen LogP contribution is 2.30. The van der Waals surface area contributed by atoms with Gasteiger partial charge in [-0.3, -0.25) is 9.39 Å². The van der Waals surface area contributed by atoms with Gasteiger partial charge in [0, 0.05) is 13.6 Å². The first kappa shape index (κ1) is 54.4. The van der Waals surface area contributed by atoms with E-state index in [9.17, 15) is 8.76 Å². The first-order valence-electron chi connectivity index (χ1n) is 20.4. The van der Waals surface area contributed by atoms with Gasteiger partial charge in [0.2, 0.25) is 0 Å². The van der Waals surface area contributed by atoms with E-state index in [0.29, 0.717) is 4.90 Å². The summed E-state index contributed by atoms with van der Waals surface area (Å²) in [4.78, 5) is 6.50. The molecule has 0 fully saturated rings. The van der Waals surface area contributed by atoms with Crippen molar-refractivity contribution in [3.05, 3.63) is 65.2 Å². The number of benzene rings is 2. The summed E-state index contributed by atoms with van der Waals surface area (Å²) in [7, 11) is 4.57. The van der Waals surface area contributed by atoms with Gasteiger partial charge in [-0.05, 0) is 96.3 Å². The van der Waals surface area contributed by atoms with Crippen LogP contribution in [0.4, 0.5) is 0 Å². The number of rotatable bonds is 27. The molecule has 0 aromatic heterocycles. The normalized spacial score (nSPS) is 13.2. The number of nitrogens with one attached hydrogen (secondary N) is 2. The number of hydroxylamine groups is 1. The number of unbranched alkanes of at least 4 members (excludes halogenated alkanes) is 8. The van der Waals surface area contributed by atoms with Gasteiger partial charge in [0.05, 0.1) is 64.5 Å². The minimum absolute atomic E-state index is 0. The van der Waals surface area contributed by atoms with E-state index >= 15 is 0 Å². The lowest BCUT2D eigenvalue weighted by atomic mass is 10.0. The van der Waals surface area contributed by atoms with Crippen LogP contribution in [0.3, 0.4) is 0 Å². The summed E-state index contributed by atoms with van der Waals surface area (Å²) in [6, 6.07) is 16.1. The third kappa shape index (κ3) is 22.6. The second kappa shape index (κ2) is 28.7. The molecule has 0 aliphatic heterocycles. The molecule has 0 aliphatic carbocycles. The van der Waals surface area contributed by atoms with Crippen LogP contribution in [0.15, 0.2) is 53.4 Å². The van der Waals surface area contributed by atoms with Gasteiger partial charge in [0.25, 0.3) is 0 Å². The molecule has 0 saturated heterocycles. The van der Waals surface area contributed by atoms with E-state index in [-0.39, 0.29) is 45.8 Å². The van der Waals surface area contributed by atoms with Crippen molar-refractivity contribution in [3.8, 4) is 0 Å². The summed E-state index contributed by atoms with van der Waals surface area (Å²) in [6.07, 6.45) is 16.1. The highest BCUT2D eigenvalue weighted by atomic mass is 79.9. The van der Waals surface area contributed by atoms with Gasteiger partial charge in [0.15, 0.2) is 0 Å². The Labute approximate surface area is 348 Å². The number of nitrogens with zero attached hydrogens (tertiary/aromatic N) is 2. The van der Waals surface area contributed by atoms with Crippen LogP contribution in [0, 0.1) is 13.8 Å².